The molecule has 0 heterocycles. The van der Waals surface area contributed by atoms with Crippen LogP contribution in [0.15, 0.2) is 24.3 Å². The minimum absolute atomic E-state index is 0.131. The van der Waals surface area contributed by atoms with Crippen LogP contribution in [0.2, 0.25) is 5.02 Å². The molecule has 0 radical (unpaired) electrons. The van der Waals surface area contributed by atoms with E-state index in [2.05, 4.69) is 10.6 Å². The molecule has 1 rings (SSSR count). The van der Waals surface area contributed by atoms with E-state index in [1.54, 1.807) is 24.3 Å². The molecule has 0 saturated carbocycles. The van der Waals surface area contributed by atoms with Gasteiger partial charge in [-0.1, -0.05) is 72.6 Å². The average molecular weight is 394 g/mol. The molecule has 2 N–H and O–H groups in total. The lowest BCUT2D eigenvalue weighted by Crippen LogP contribution is -2.29. The first kappa shape index (κ1) is 21.1. The number of unbranched alkanes of at least 4 members (excludes halogenated alkanes) is 5. The van der Waals surface area contributed by atoms with Gasteiger partial charge in [0.25, 0.3) is 11.8 Å². The van der Waals surface area contributed by atoms with Gasteiger partial charge in [-0.2, -0.15) is 0 Å². The normalized spacial score (nSPS) is 10.7. The summed E-state index contributed by atoms with van der Waals surface area (Å²) in [6, 6.07) is 7.02. The number of rotatable bonds is 11. The first-order chi connectivity index (χ1) is 11.5. The van der Waals surface area contributed by atoms with Crippen molar-refractivity contribution in [2.45, 2.75) is 43.4 Å². The highest BCUT2D eigenvalue weighted by atomic mass is 35.5. The number of benzene rings is 1. The molecule has 0 unspecified atom stereocenters. The summed E-state index contributed by atoms with van der Waals surface area (Å²) in [6.07, 6.45) is 6.15. The van der Waals surface area contributed by atoms with Crippen LogP contribution in [0.25, 0.3) is 0 Å². The Bertz CT molecular complexity index is 524. The number of nitrogens with one attached hydrogen (secondary N) is 2. The molecule has 0 aromatic heterocycles. The van der Waals surface area contributed by atoms with Crippen molar-refractivity contribution in [2.75, 3.05) is 13.1 Å². The van der Waals surface area contributed by atoms with Gasteiger partial charge in [0.15, 0.2) is 4.84 Å². The van der Waals surface area contributed by atoms with Crippen molar-refractivity contribution in [1.82, 2.24) is 10.6 Å². The van der Waals surface area contributed by atoms with E-state index in [1.165, 1.54) is 0 Å². The highest BCUT2D eigenvalue weighted by molar-refractivity contribution is 6.53. The Morgan fingerprint density at radius 1 is 0.875 bits per heavy atom. The number of carbonyl (C=O) groups excluding carboxylic acids is 2. The molecule has 1 aromatic carbocycles. The molecule has 4 nitrogen and oxygen atoms in total. The quantitative estimate of drug-likeness (QED) is 0.434. The summed E-state index contributed by atoms with van der Waals surface area (Å²) < 4.78 is 0. The molecule has 0 aliphatic heterocycles. The molecule has 0 spiro atoms. The Hall–Kier alpha value is -0.970. The molecule has 134 valence electrons. The summed E-state index contributed by atoms with van der Waals surface area (Å²) in [6.45, 7) is 1.25. The van der Waals surface area contributed by atoms with Crippen molar-refractivity contribution in [3.63, 3.8) is 0 Å². The molecule has 0 fully saturated rings. The molecule has 0 aliphatic carbocycles. The molecule has 0 atom stereocenters. The average Bonchev–Trinajstić information content (AvgIpc) is 2.56. The van der Waals surface area contributed by atoms with Crippen molar-refractivity contribution in [3.05, 3.63) is 34.9 Å². The van der Waals surface area contributed by atoms with Crippen LogP contribution in [-0.4, -0.2) is 29.7 Å². The third kappa shape index (κ3) is 8.76. The molecule has 1 aromatic rings. The van der Waals surface area contributed by atoms with Crippen molar-refractivity contribution in [2.24, 2.45) is 0 Å². The van der Waals surface area contributed by atoms with Gasteiger partial charge in [0.2, 0.25) is 0 Å². The van der Waals surface area contributed by atoms with E-state index in [0.717, 1.165) is 38.5 Å². The van der Waals surface area contributed by atoms with Crippen LogP contribution < -0.4 is 10.6 Å². The summed E-state index contributed by atoms with van der Waals surface area (Å²) in [5, 5.41) is 6.01. The third-order valence-corrected chi connectivity index (χ3v) is 4.23. The predicted octanol–water partition coefficient (Wildman–Crippen LogP) is 4.33. The highest BCUT2D eigenvalue weighted by Crippen LogP contribution is 2.14. The van der Waals surface area contributed by atoms with Crippen LogP contribution in [-0.2, 0) is 4.79 Å². The number of halogens is 3. The lowest BCUT2D eigenvalue weighted by Gasteiger charge is -2.07. The first-order valence-corrected chi connectivity index (χ1v) is 9.36. The van der Waals surface area contributed by atoms with Gasteiger partial charge >= 0.3 is 0 Å². The fraction of sp³-hybridized carbons (Fsp3) is 0.529. The topological polar surface area (TPSA) is 58.2 Å². The van der Waals surface area contributed by atoms with Gasteiger partial charge in [0.1, 0.15) is 0 Å². The Balaban J connectivity index is 1.97. The predicted molar refractivity (Wildman–Crippen MR) is 100.0 cm³/mol. The zero-order chi connectivity index (χ0) is 17.8. The number of carbonyl (C=O) groups is 2. The highest BCUT2D eigenvalue weighted by Gasteiger charge is 2.09. The Morgan fingerprint density at radius 3 is 2.00 bits per heavy atom. The van der Waals surface area contributed by atoms with Gasteiger partial charge in [-0.15, -0.1) is 0 Å². The van der Waals surface area contributed by atoms with E-state index >= 15 is 0 Å². The lowest BCUT2D eigenvalue weighted by molar-refractivity contribution is -0.119. The molecule has 0 bridgehead atoms. The zero-order valence-electron chi connectivity index (χ0n) is 13.5. The van der Waals surface area contributed by atoms with Crippen molar-refractivity contribution in [1.29, 1.82) is 0 Å². The number of amides is 2. The number of hydrogen-bond donors (Lipinski definition) is 2. The monoisotopic (exact) mass is 392 g/mol. The van der Waals surface area contributed by atoms with Gasteiger partial charge in [-0.3, -0.25) is 9.59 Å². The summed E-state index contributed by atoms with van der Waals surface area (Å²) in [5.74, 6) is -0.471. The van der Waals surface area contributed by atoms with E-state index in [-0.39, 0.29) is 11.8 Å². The Labute approximate surface area is 158 Å². The maximum atomic E-state index is 11.9. The third-order valence-electron chi connectivity index (χ3n) is 3.51. The Morgan fingerprint density at radius 2 is 1.42 bits per heavy atom. The Kier molecular flexibility index (Phi) is 10.9. The standard InChI is InChI=1S/C17H23Cl3N2O2/c18-14-10-6-5-9-13(14)16(23)21-11-7-3-1-2-4-8-12-22-17(24)15(19)20/h5-6,9-10,15H,1-4,7-8,11-12H2,(H,21,23)(H,22,24). The van der Waals surface area contributed by atoms with E-state index in [1.807, 2.05) is 0 Å². The van der Waals surface area contributed by atoms with Crippen LogP contribution >= 0.6 is 34.8 Å². The first-order valence-electron chi connectivity index (χ1n) is 8.11. The van der Waals surface area contributed by atoms with E-state index < -0.39 is 4.84 Å². The van der Waals surface area contributed by atoms with Gasteiger partial charge < -0.3 is 10.6 Å². The van der Waals surface area contributed by atoms with Crippen LogP contribution in [0.1, 0.15) is 48.9 Å². The van der Waals surface area contributed by atoms with E-state index in [9.17, 15) is 9.59 Å². The van der Waals surface area contributed by atoms with Gasteiger partial charge in [-0.05, 0) is 25.0 Å². The van der Waals surface area contributed by atoms with Gasteiger partial charge in [0.05, 0.1) is 10.6 Å². The second-order valence-corrected chi connectivity index (χ2v) is 6.95. The maximum absolute atomic E-state index is 11.9. The van der Waals surface area contributed by atoms with Gasteiger partial charge in [-0.25, -0.2) is 0 Å². The SMILES string of the molecule is O=C(NCCCCCCCCNC(=O)C(Cl)Cl)c1ccccc1Cl. The van der Waals surface area contributed by atoms with Crippen LogP contribution in [0.4, 0.5) is 0 Å². The minimum atomic E-state index is -0.994. The lowest BCUT2D eigenvalue weighted by atomic mass is 10.1. The summed E-state index contributed by atoms with van der Waals surface area (Å²) >= 11 is 16.8. The minimum Gasteiger partial charge on any atom is -0.354 e. The molecule has 0 saturated heterocycles. The summed E-state index contributed by atoms with van der Waals surface area (Å²) in [4.78, 5) is 22.0. The molecule has 7 heteroatoms. The fourth-order valence-electron chi connectivity index (χ4n) is 2.19. The molecular weight excluding hydrogens is 371 g/mol. The van der Waals surface area contributed by atoms with Crippen LogP contribution in [0, 0.1) is 0 Å². The smallest absolute Gasteiger partial charge is 0.253 e. The number of alkyl halides is 2. The second kappa shape index (κ2) is 12.4. The van der Waals surface area contributed by atoms with Crippen molar-refractivity contribution >= 4 is 46.6 Å². The van der Waals surface area contributed by atoms with Crippen LogP contribution in [0.5, 0.6) is 0 Å². The largest absolute Gasteiger partial charge is 0.354 e. The summed E-state index contributed by atoms with van der Waals surface area (Å²) in [5.41, 5.74) is 0.511. The summed E-state index contributed by atoms with van der Waals surface area (Å²) in [7, 11) is 0. The number of hydrogen-bond acceptors (Lipinski definition) is 2. The van der Waals surface area contributed by atoms with E-state index in [4.69, 9.17) is 34.8 Å². The van der Waals surface area contributed by atoms with Crippen molar-refractivity contribution in [3.8, 4) is 0 Å². The molecule has 24 heavy (non-hydrogen) atoms. The second-order valence-electron chi connectivity index (χ2n) is 5.45. The molecular formula is C17H23Cl3N2O2. The van der Waals surface area contributed by atoms with Crippen LogP contribution in [0.3, 0.4) is 0 Å². The van der Waals surface area contributed by atoms with Crippen molar-refractivity contribution < 1.29 is 9.59 Å². The fourth-order valence-corrected chi connectivity index (χ4v) is 2.56. The molecule has 0 aliphatic rings. The zero-order valence-corrected chi connectivity index (χ0v) is 15.8. The maximum Gasteiger partial charge on any atom is 0.253 e. The molecule has 2 amide bonds. The van der Waals surface area contributed by atoms with Gasteiger partial charge in [0, 0.05) is 13.1 Å². The van der Waals surface area contributed by atoms with E-state index in [0.29, 0.717) is 23.7 Å².